The molecule has 0 aliphatic heterocycles. The van der Waals surface area contributed by atoms with Crippen LogP contribution in [0.3, 0.4) is 0 Å². The molecular formula is C22H20Cl2F3N7O3. The third kappa shape index (κ3) is 6.18. The molecule has 0 spiro atoms. The number of anilines is 1. The molecule has 4 aromatic rings. The van der Waals surface area contributed by atoms with E-state index in [9.17, 15) is 18.0 Å². The molecule has 37 heavy (non-hydrogen) atoms. The molecule has 196 valence electrons. The van der Waals surface area contributed by atoms with E-state index in [0.29, 0.717) is 27.3 Å². The average Bonchev–Trinajstić information content (AvgIpc) is 3.35. The van der Waals surface area contributed by atoms with E-state index in [2.05, 4.69) is 20.4 Å². The number of carbonyl (C=O) groups excluding carboxylic acids is 1. The van der Waals surface area contributed by atoms with Gasteiger partial charge in [-0.1, -0.05) is 23.2 Å². The Labute approximate surface area is 217 Å². The number of rotatable bonds is 4. The topological polar surface area (TPSA) is 140 Å². The van der Waals surface area contributed by atoms with Gasteiger partial charge in [-0.3, -0.25) is 13.9 Å². The van der Waals surface area contributed by atoms with Crippen LogP contribution in [0.4, 0.5) is 19.0 Å². The number of nitrogens with zero attached hydrogens (tertiary/aromatic N) is 5. The normalized spacial score (nSPS) is 11.3. The number of carboxylic acid groups (broad SMARTS) is 1. The quantitative estimate of drug-likeness (QED) is 0.337. The summed E-state index contributed by atoms with van der Waals surface area (Å²) in [5, 5.41) is 15.2. The van der Waals surface area contributed by atoms with E-state index in [4.69, 9.17) is 38.8 Å². The first-order valence-corrected chi connectivity index (χ1v) is 11.1. The van der Waals surface area contributed by atoms with E-state index >= 15 is 0 Å². The van der Waals surface area contributed by atoms with Crippen molar-refractivity contribution < 1.29 is 27.9 Å². The standard InChI is InChI=1S/C20H19Cl2N7O.C2HF3O2/c1-10-6-17(28(3)27-10)26-19(30)16-9-29-18(13-5-4-12(21)7-15(13)22)14(8-23)11(2)24-20(29)25-16;3-2(4,5)1(6)7/h4-7,9H,8,23H2,1-3H3,(H,26,30);(H,6,7). The average molecular weight is 558 g/mol. The third-order valence-electron chi connectivity index (χ3n) is 5.03. The fraction of sp³-hybridized carbons (Fsp3) is 0.227. The third-order valence-corrected chi connectivity index (χ3v) is 5.58. The highest BCUT2D eigenvalue weighted by Gasteiger charge is 2.38. The zero-order valence-electron chi connectivity index (χ0n) is 19.6. The Kier molecular flexibility index (Phi) is 8.10. The number of hydrogen-bond donors (Lipinski definition) is 3. The van der Waals surface area contributed by atoms with Gasteiger partial charge in [-0.05, 0) is 32.0 Å². The second-order valence-electron chi connectivity index (χ2n) is 7.70. The van der Waals surface area contributed by atoms with Crippen LogP contribution in [-0.4, -0.2) is 47.3 Å². The van der Waals surface area contributed by atoms with Crippen LogP contribution in [-0.2, 0) is 18.4 Å². The molecular weight excluding hydrogens is 538 g/mol. The number of fused-ring (bicyclic) bond motifs is 1. The Morgan fingerprint density at radius 2 is 1.81 bits per heavy atom. The lowest BCUT2D eigenvalue weighted by atomic mass is 10.0. The predicted octanol–water partition coefficient (Wildman–Crippen LogP) is 4.40. The molecule has 4 N–H and O–H groups in total. The number of aliphatic carboxylic acids is 1. The van der Waals surface area contributed by atoms with Crippen LogP contribution in [0.1, 0.15) is 27.4 Å². The number of alkyl halides is 3. The summed E-state index contributed by atoms with van der Waals surface area (Å²) in [6.45, 7) is 3.95. The van der Waals surface area contributed by atoms with Crippen LogP contribution in [0.5, 0.6) is 0 Å². The number of halogens is 5. The first-order chi connectivity index (χ1) is 17.2. The molecule has 0 saturated carbocycles. The first-order valence-electron chi connectivity index (χ1n) is 10.4. The van der Waals surface area contributed by atoms with Crippen LogP contribution >= 0.6 is 23.2 Å². The monoisotopic (exact) mass is 557 g/mol. The van der Waals surface area contributed by atoms with Crippen LogP contribution in [0.2, 0.25) is 10.0 Å². The van der Waals surface area contributed by atoms with Gasteiger partial charge in [0, 0.05) is 47.7 Å². The molecule has 15 heteroatoms. The van der Waals surface area contributed by atoms with E-state index in [1.165, 1.54) is 0 Å². The van der Waals surface area contributed by atoms with Crippen LogP contribution < -0.4 is 11.1 Å². The van der Waals surface area contributed by atoms with Gasteiger partial charge in [0.1, 0.15) is 11.5 Å². The molecule has 0 saturated heterocycles. The molecule has 0 aliphatic rings. The molecule has 0 fully saturated rings. The van der Waals surface area contributed by atoms with Gasteiger partial charge < -0.3 is 16.2 Å². The Hall–Kier alpha value is -3.68. The summed E-state index contributed by atoms with van der Waals surface area (Å²) in [6, 6.07) is 7.01. The van der Waals surface area contributed by atoms with E-state index in [0.717, 1.165) is 22.5 Å². The number of amides is 1. The Morgan fingerprint density at radius 1 is 1.16 bits per heavy atom. The van der Waals surface area contributed by atoms with Crippen LogP contribution in [0, 0.1) is 13.8 Å². The lowest BCUT2D eigenvalue weighted by Crippen LogP contribution is -2.21. The van der Waals surface area contributed by atoms with Gasteiger partial charge in [0.05, 0.1) is 16.4 Å². The molecule has 0 aliphatic carbocycles. The highest BCUT2D eigenvalue weighted by molar-refractivity contribution is 6.36. The van der Waals surface area contributed by atoms with Gasteiger partial charge in [0.2, 0.25) is 5.78 Å². The maximum atomic E-state index is 12.8. The zero-order chi connectivity index (χ0) is 27.7. The van der Waals surface area contributed by atoms with Gasteiger partial charge in [-0.25, -0.2) is 14.8 Å². The molecule has 1 aromatic carbocycles. The summed E-state index contributed by atoms with van der Waals surface area (Å²) >= 11 is 12.5. The molecule has 0 bridgehead atoms. The largest absolute Gasteiger partial charge is 0.490 e. The fourth-order valence-corrected chi connectivity index (χ4v) is 3.88. The second kappa shape index (κ2) is 10.7. The number of benzene rings is 1. The summed E-state index contributed by atoms with van der Waals surface area (Å²) in [5.74, 6) is -2.18. The minimum absolute atomic E-state index is 0.210. The minimum atomic E-state index is -5.08. The molecule has 1 amide bonds. The van der Waals surface area contributed by atoms with Crippen molar-refractivity contribution in [1.82, 2.24) is 24.1 Å². The van der Waals surface area contributed by atoms with Gasteiger partial charge in [0.15, 0.2) is 0 Å². The number of aromatic nitrogens is 5. The lowest BCUT2D eigenvalue weighted by Gasteiger charge is -2.14. The number of aryl methyl sites for hydroxylation is 3. The second-order valence-corrected chi connectivity index (χ2v) is 8.54. The first kappa shape index (κ1) is 27.9. The number of nitrogens with one attached hydrogen (secondary N) is 1. The van der Waals surface area contributed by atoms with Crippen LogP contribution in [0.25, 0.3) is 17.0 Å². The molecule has 3 heterocycles. The number of carboxylic acids is 1. The molecule has 0 atom stereocenters. The molecule has 0 radical (unpaired) electrons. The van der Waals surface area contributed by atoms with Crippen molar-refractivity contribution >= 4 is 46.7 Å². The zero-order valence-corrected chi connectivity index (χ0v) is 21.1. The molecule has 4 rings (SSSR count). The van der Waals surface area contributed by atoms with Crippen molar-refractivity contribution in [3.8, 4) is 11.3 Å². The molecule has 0 unspecified atom stereocenters. The highest BCUT2D eigenvalue weighted by atomic mass is 35.5. The smallest absolute Gasteiger partial charge is 0.475 e. The summed E-state index contributed by atoms with van der Waals surface area (Å²) < 4.78 is 35.1. The van der Waals surface area contributed by atoms with E-state index in [1.54, 1.807) is 40.5 Å². The number of imidazole rings is 1. The van der Waals surface area contributed by atoms with E-state index in [1.807, 2.05) is 19.9 Å². The Balaban J connectivity index is 0.000000479. The maximum absolute atomic E-state index is 12.8. The number of hydrogen-bond acceptors (Lipinski definition) is 6. The summed E-state index contributed by atoms with van der Waals surface area (Å²) in [7, 11) is 1.76. The van der Waals surface area contributed by atoms with Gasteiger partial charge in [-0.2, -0.15) is 18.3 Å². The lowest BCUT2D eigenvalue weighted by molar-refractivity contribution is -0.192. The molecule has 3 aromatic heterocycles. The van der Waals surface area contributed by atoms with Gasteiger partial charge >= 0.3 is 12.1 Å². The van der Waals surface area contributed by atoms with E-state index < -0.39 is 12.1 Å². The van der Waals surface area contributed by atoms with Crippen molar-refractivity contribution in [1.29, 1.82) is 0 Å². The summed E-state index contributed by atoms with van der Waals surface area (Å²) in [6.07, 6.45) is -3.46. The van der Waals surface area contributed by atoms with E-state index in [-0.39, 0.29) is 18.1 Å². The predicted molar refractivity (Wildman–Crippen MR) is 131 cm³/mol. The SMILES string of the molecule is Cc1cc(NC(=O)c2cn3c(-c4ccc(Cl)cc4Cl)c(CN)c(C)nc3n2)n(C)n1.O=C(O)C(F)(F)F. The summed E-state index contributed by atoms with van der Waals surface area (Å²) in [4.78, 5) is 30.6. The minimum Gasteiger partial charge on any atom is -0.475 e. The fourth-order valence-electron chi connectivity index (χ4n) is 3.38. The maximum Gasteiger partial charge on any atom is 0.490 e. The van der Waals surface area contributed by atoms with Crippen molar-refractivity contribution in [2.75, 3.05) is 5.32 Å². The van der Waals surface area contributed by atoms with Crippen molar-refractivity contribution in [2.24, 2.45) is 12.8 Å². The highest BCUT2D eigenvalue weighted by Crippen LogP contribution is 2.34. The summed E-state index contributed by atoms with van der Waals surface area (Å²) in [5.41, 5.74) is 9.99. The van der Waals surface area contributed by atoms with Crippen molar-refractivity contribution in [2.45, 2.75) is 26.6 Å². The van der Waals surface area contributed by atoms with Crippen molar-refractivity contribution in [3.63, 3.8) is 0 Å². The number of nitrogens with two attached hydrogens (primary N) is 1. The Bertz CT molecular complexity index is 1500. The molecule has 10 nitrogen and oxygen atoms in total. The van der Waals surface area contributed by atoms with Crippen LogP contribution in [0.15, 0.2) is 30.5 Å². The van der Waals surface area contributed by atoms with Gasteiger partial charge in [0.25, 0.3) is 5.91 Å². The Morgan fingerprint density at radius 3 is 2.32 bits per heavy atom. The number of carbonyl (C=O) groups is 2. The van der Waals surface area contributed by atoms with Crippen molar-refractivity contribution in [3.05, 3.63) is 63.2 Å². The van der Waals surface area contributed by atoms with Gasteiger partial charge in [-0.15, -0.1) is 0 Å².